The van der Waals surface area contributed by atoms with Crippen LogP contribution in [-0.4, -0.2) is 40.8 Å². The van der Waals surface area contributed by atoms with Crippen molar-refractivity contribution in [2.45, 2.75) is 39.3 Å². The van der Waals surface area contributed by atoms with E-state index in [0.29, 0.717) is 58.9 Å². The third-order valence-electron chi connectivity index (χ3n) is 4.91. The topological polar surface area (TPSA) is 101 Å². The van der Waals surface area contributed by atoms with E-state index in [1.807, 2.05) is 26.0 Å². The van der Waals surface area contributed by atoms with Crippen LogP contribution in [-0.2, 0) is 11.3 Å². The van der Waals surface area contributed by atoms with Gasteiger partial charge in [0.15, 0.2) is 11.5 Å². The van der Waals surface area contributed by atoms with Gasteiger partial charge < -0.3 is 18.8 Å². The molecule has 33 heavy (non-hydrogen) atoms. The predicted molar refractivity (Wildman–Crippen MR) is 123 cm³/mol. The van der Waals surface area contributed by atoms with Gasteiger partial charge >= 0.3 is 0 Å². The van der Waals surface area contributed by atoms with Crippen LogP contribution >= 0.6 is 11.6 Å². The van der Waals surface area contributed by atoms with E-state index in [4.69, 9.17) is 30.8 Å². The lowest BCUT2D eigenvalue weighted by Gasteiger charge is -2.25. The summed E-state index contributed by atoms with van der Waals surface area (Å²) in [7, 11) is 1.52. The molecular formula is C24H25ClN4O4. The highest BCUT2D eigenvalue weighted by molar-refractivity contribution is 6.33. The van der Waals surface area contributed by atoms with Crippen molar-refractivity contribution in [1.29, 1.82) is 5.26 Å². The van der Waals surface area contributed by atoms with Crippen LogP contribution in [0, 0.1) is 11.3 Å². The molecule has 0 atom stereocenters. The SMILES string of the molecule is COc1cc(C#N)ccc1OCCCC(=O)N(Cc1nnc(-c2ccccc2Cl)o1)C(C)C. The summed E-state index contributed by atoms with van der Waals surface area (Å²) in [6.45, 7) is 4.40. The Morgan fingerprint density at radius 3 is 2.70 bits per heavy atom. The number of methoxy groups -OCH3 is 1. The summed E-state index contributed by atoms with van der Waals surface area (Å²) in [5.41, 5.74) is 1.14. The lowest BCUT2D eigenvalue weighted by atomic mass is 10.2. The molecule has 0 radical (unpaired) electrons. The number of hydrogen-bond donors (Lipinski definition) is 0. The van der Waals surface area contributed by atoms with Gasteiger partial charge in [-0.2, -0.15) is 5.26 Å². The molecule has 0 saturated heterocycles. The van der Waals surface area contributed by atoms with Gasteiger partial charge in [0.1, 0.15) is 0 Å². The molecule has 1 aromatic heterocycles. The van der Waals surface area contributed by atoms with Gasteiger partial charge in [-0.1, -0.05) is 23.7 Å². The van der Waals surface area contributed by atoms with E-state index >= 15 is 0 Å². The Hall–Kier alpha value is -3.57. The van der Waals surface area contributed by atoms with E-state index in [0.717, 1.165) is 0 Å². The van der Waals surface area contributed by atoms with Crippen LogP contribution in [0.2, 0.25) is 5.02 Å². The van der Waals surface area contributed by atoms with Crippen molar-refractivity contribution in [3.63, 3.8) is 0 Å². The van der Waals surface area contributed by atoms with Gasteiger partial charge in [0.25, 0.3) is 0 Å². The normalized spacial score (nSPS) is 10.7. The van der Waals surface area contributed by atoms with Crippen molar-refractivity contribution in [3.8, 4) is 29.0 Å². The van der Waals surface area contributed by atoms with E-state index < -0.39 is 0 Å². The van der Waals surface area contributed by atoms with E-state index in [1.165, 1.54) is 7.11 Å². The maximum absolute atomic E-state index is 12.8. The average Bonchev–Trinajstić information content (AvgIpc) is 3.28. The highest BCUT2D eigenvalue weighted by Gasteiger charge is 2.21. The highest BCUT2D eigenvalue weighted by atomic mass is 35.5. The smallest absolute Gasteiger partial charge is 0.249 e. The minimum Gasteiger partial charge on any atom is -0.493 e. The molecule has 1 amide bonds. The van der Waals surface area contributed by atoms with Crippen LogP contribution < -0.4 is 9.47 Å². The molecule has 0 bridgehead atoms. The van der Waals surface area contributed by atoms with Gasteiger partial charge in [-0.25, -0.2) is 0 Å². The second-order valence-electron chi connectivity index (χ2n) is 7.53. The molecule has 0 spiro atoms. The second kappa shape index (κ2) is 11.3. The van der Waals surface area contributed by atoms with Gasteiger partial charge in [-0.05, 0) is 44.5 Å². The van der Waals surface area contributed by atoms with Gasteiger partial charge in [-0.3, -0.25) is 4.79 Å². The maximum Gasteiger partial charge on any atom is 0.249 e. The Morgan fingerprint density at radius 2 is 2.00 bits per heavy atom. The number of amides is 1. The van der Waals surface area contributed by atoms with Crippen molar-refractivity contribution in [2.24, 2.45) is 0 Å². The van der Waals surface area contributed by atoms with E-state index in [1.54, 1.807) is 35.2 Å². The minimum atomic E-state index is -0.0484. The Bertz CT molecular complexity index is 1140. The summed E-state index contributed by atoms with van der Waals surface area (Å²) in [6.07, 6.45) is 0.808. The number of carbonyl (C=O) groups excluding carboxylic acids is 1. The minimum absolute atomic E-state index is 0.0436. The first-order chi connectivity index (χ1) is 15.9. The lowest BCUT2D eigenvalue weighted by Crippen LogP contribution is -2.36. The number of hydrogen-bond acceptors (Lipinski definition) is 7. The molecule has 8 nitrogen and oxygen atoms in total. The first kappa shape index (κ1) is 24.1. The molecule has 9 heteroatoms. The molecule has 0 N–H and O–H groups in total. The third kappa shape index (κ3) is 6.24. The van der Waals surface area contributed by atoms with Gasteiger partial charge in [-0.15, -0.1) is 10.2 Å². The summed E-state index contributed by atoms with van der Waals surface area (Å²) in [5, 5.41) is 17.6. The summed E-state index contributed by atoms with van der Waals surface area (Å²) in [6, 6.07) is 14.2. The third-order valence-corrected chi connectivity index (χ3v) is 5.24. The lowest BCUT2D eigenvalue weighted by molar-refractivity contribution is -0.134. The molecule has 0 saturated carbocycles. The predicted octanol–water partition coefficient (Wildman–Crippen LogP) is 4.87. The first-order valence-electron chi connectivity index (χ1n) is 10.5. The first-order valence-corrected chi connectivity index (χ1v) is 10.9. The maximum atomic E-state index is 12.8. The number of carbonyl (C=O) groups is 1. The zero-order valence-electron chi connectivity index (χ0n) is 18.7. The van der Waals surface area contributed by atoms with Crippen LogP contribution in [0.15, 0.2) is 46.9 Å². The highest BCUT2D eigenvalue weighted by Crippen LogP contribution is 2.28. The molecule has 3 aromatic rings. The largest absolute Gasteiger partial charge is 0.493 e. The fourth-order valence-electron chi connectivity index (χ4n) is 3.17. The fourth-order valence-corrected chi connectivity index (χ4v) is 3.39. The number of aromatic nitrogens is 2. The van der Waals surface area contributed by atoms with Gasteiger partial charge in [0.05, 0.1) is 42.5 Å². The number of ether oxygens (including phenoxy) is 2. The van der Waals surface area contributed by atoms with Crippen molar-refractivity contribution in [2.75, 3.05) is 13.7 Å². The quantitative estimate of drug-likeness (QED) is 0.391. The molecule has 0 aliphatic rings. The molecule has 0 aliphatic carbocycles. The van der Waals surface area contributed by atoms with Crippen LogP contribution in [0.1, 0.15) is 38.1 Å². The molecule has 3 rings (SSSR count). The molecule has 1 heterocycles. The van der Waals surface area contributed by atoms with Gasteiger partial charge in [0, 0.05) is 18.5 Å². The second-order valence-corrected chi connectivity index (χ2v) is 7.93. The van der Waals surface area contributed by atoms with Crippen LogP contribution in [0.25, 0.3) is 11.5 Å². The summed E-state index contributed by atoms with van der Waals surface area (Å²) in [5.74, 6) is 1.62. The molecule has 2 aromatic carbocycles. The van der Waals surface area contributed by atoms with E-state index in [-0.39, 0.29) is 18.5 Å². The number of halogens is 1. The van der Waals surface area contributed by atoms with Crippen molar-refractivity contribution < 1.29 is 18.7 Å². The van der Waals surface area contributed by atoms with Gasteiger partial charge in [0.2, 0.25) is 17.7 Å². The molecule has 0 unspecified atom stereocenters. The summed E-state index contributed by atoms with van der Waals surface area (Å²) in [4.78, 5) is 14.5. The molecule has 0 aliphatic heterocycles. The Labute approximate surface area is 197 Å². The Kier molecular flexibility index (Phi) is 8.28. The van der Waals surface area contributed by atoms with Crippen LogP contribution in [0.5, 0.6) is 11.5 Å². The molecular weight excluding hydrogens is 444 g/mol. The van der Waals surface area contributed by atoms with E-state index in [2.05, 4.69) is 16.3 Å². The number of nitrogens with zero attached hydrogens (tertiary/aromatic N) is 4. The Balaban J connectivity index is 1.56. The number of benzene rings is 2. The zero-order chi connectivity index (χ0) is 23.8. The standard InChI is InChI=1S/C24H25ClN4O4/c1-16(2)29(15-22-27-28-24(33-22)18-7-4-5-8-19(18)25)23(30)9-6-12-32-20-11-10-17(14-26)13-21(20)31-3/h4-5,7-8,10-11,13,16H,6,9,12,15H2,1-3H3. The molecule has 0 fully saturated rings. The van der Waals surface area contributed by atoms with Crippen molar-refractivity contribution in [1.82, 2.24) is 15.1 Å². The van der Waals surface area contributed by atoms with Crippen LogP contribution in [0.4, 0.5) is 0 Å². The van der Waals surface area contributed by atoms with Crippen molar-refractivity contribution >= 4 is 17.5 Å². The summed E-state index contributed by atoms with van der Waals surface area (Å²) < 4.78 is 16.7. The molecule has 172 valence electrons. The van der Waals surface area contributed by atoms with E-state index in [9.17, 15) is 4.79 Å². The fraction of sp³-hybridized carbons (Fsp3) is 0.333. The van der Waals surface area contributed by atoms with Crippen molar-refractivity contribution in [3.05, 3.63) is 58.9 Å². The zero-order valence-corrected chi connectivity index (χ0v) is 19.5. The Morgan fingerprint density at radius 1 is 1.21 bits per heavy atom. The number of rotatable bonds is 10. The summed E-state index contributed by atoms with van der Waals surface area (Å²) >= 11 is 6.20. The number of nitriles is 1. The monoisotopic (exact) mass is 468 g/mol. The average molecular weight is 469 g/mol. The van der Waals surface area contributed by atoms with Crippen LogP contribution in [0.3, 0.4) is 0 Å².